The molecule has 68 heavy (non-hydrogen) atoms. The van der Waals surface area contributed by atoms with Gasteiger partial charge in [0.2, 0.25) is 11.8 Å². The van der Waals surface area contributed by atoms with E-state index in [4.69, 9.17) is 16.3 Å². The largest absolute Gasteiger partial charge is 0.489 e. The van der Waals surface area contributed by atoms with Crippen LogP contribution in [0.2, 0.25) is 5.02 Å². The van der Waals surface area contributed by atoms with Gasteiger partial charge in [0, 0.05) is 118 Å². The maximum absolute atomic E-state index is 13.5. The minimum absolute atomic E-state index is 0.111. The molecule has 1 aliphatic carbocycles. The summed E-state index contributed by atoms with van der Waals surface area (Å²) in [5.41, 5.74) is 2.32. The van der Waals surface area contributed by atoms with Crippen molar-refractivity contribution in [3.63, 3.8) is 0 Å². The molecule has 18 heteroatoms. The number of hydrogen-bond acceptors (Lipinski definition) is 13. The van der Waals surface area contributed by atoms with Crippen LogP contribution in [0.15, 0.2) is 65.5 Å². The molecule has 3 aromatic carbocycles. The summed E-state index contributed by atoms with van der Waals surface area (Å²) >= 11 is 6.27. The highest BCUT2D eigenvalue weighted by Crippen LogP contribution is 2.55. The SMILES string of the molecule is CC1(C)C(NC(=O)c2ccc(N3CCN(CC4CCN(C(=O)CN5CCN(c6ccc7nnn(C8CCC(=O)NC8=O)c(=O)c7c6)CC5)CC4)CC3)cc2)C(C)(C)C1Oc1ccc(C#N)c(Cl)c1. The molecule has 358 valence electrons. The van der Waals surface area contributed by atoms with Crippen LogP contribution in [0, 0.1) is 28.1 Å². The number of nitriles is 1. The summed E-state index contributed by atoms with van der Waals surface area (Å²) in [6.45, 7) is 18.0. The van der Waals surface area contributed by atoms with E-state index >= 15 is 0 Å². The molecule has 9 rings (SSSR count). The van der Waals surface area contributed by atoms with Crippen molar-refractivity contribution in [3.05, 3.63) is 87.2 Å². The standard InChI is InChI=1S/C50H60ClN11O6/c1-49(2)47(50(3,4)48(49)68-37-11-7-34(29-52)39(51)28-37)54-44(65)33-5-8-35(9-6-33)59-23-19-57(20-24-59)30-32-15-17-61(18-16-32)43(64)31-58-21-25-60(26-22-58)36-10-12-40-38(27-36)46(67)62(56-55-40)41-13-14-42(63)53-45(41)66/h5-12,27-28,32,41,47-48H,13-26,30-31H2,1-4H3,(H,54,65)(H,53,63,66). The minimum Gasteiger partial charge on any atom is -0.489 e. The Hall–Kier alpha value is -6.09. The Morgan fingerprint density at radius 2 is 1.47 bits per heavy atom. The van der Waals surface area contributed by atoms with Crippen LogP contribution in [0.4, 0.5) is 11.4 Å². The lowest BCUT2D eigenvalue weighted by Gasteiger charge is -2.63. The molecule has 5 fully saturated rings. The Labute approximate surface area is 401 Å². The molecule has 0 radical (unpaired) electrons. The van der Waals surface area contributed by atoms with Gasteiger partial charge in [-0.1, -0.05) is 44.5 Å². The van der Waals surface area contributed by atoms with Crippen LogP contribution in [0.3, 0.4) is 0 Å². The van der Waals surface area contributed by atoms with Crippen LogP contribution in [0.25, 0.3) is 10.9 Å². The molecule has 0 spiro atoms. The number of fused-ring (bicyclic) bond motifs is 1. The molecule has 0 bridgehead atoms. The lowest BCUT2D eigenvalue weighted by Crippen LogP contribution is -2.74. The van der Waals surface area contributed by atoms with Gasteiger partial charge in [-0.25, -0.2) is 0 Å². The van der Waals surface area contributed by atoms with E-state index in [1.54, 1.807) is 30.3 Å². The highest BCUT2D eigenvalue weighted by atomic mass is 35.5. The number of hydrogen-bond donors (Lipinski definition) is 2. The Kier molecular flexibility index (Phi) is 13.2. The average molecular weight is 947 g/mol. The van der Waals surface area contributed by atoms with Crippen molar-refractivity contribution in [3.8, 4) is 11.8 Å². The first-order valence-electron chi connectivity index (χ1n) is 23.8. The zero-order valence-electron chi connectivity index (χ0n) is 39.2. The van der Waals surface area contributed by atoms with E-state index in [0.29, 0.717) is 58.4 Å². The third-order valence-electron chi connectivity index (χ3n) is 15.0. The van der Waals surface area contributed by atoms with Crippen LogP contribution in [-0.2, 0) is 14.4 Å². The number of amides is 4. The molecule has 4 saturated heterocycles. The maximum Gasteiger partial charge on any atom is 0.278 e. The predicted molar refractivity (Wildman–Crippen MR) is 258 cm³/mol. The number of carbonyl (C=O) groups is 4. The van der Waals surface area contributed by atoms with Gasteiger partial charge in [-0.3, -0.25) is 39.1 Å². The van der Waals surface area contributed by atoms with Crippen LogP contribution in [-0.4, -0.2) is 144 Å². The fourth-order valence-corrected chi connectivity index (χ4v) is 11.6. The number of imide groups is 1. The second kappa shape index (κ2) is 19.1. The zero-order chi connectivity index (χ0) is 47.9. The van der Waals surface area contributed by atoms with E-state index < -0.39 is 17.5 Å². The number of rotatable bonds is 11. The van der Waals surface area contributed by atoms with Crippen molar-refractivity contribution in [2.24, 2.45) is 16.7 Å². The smallest absolute Gasteiger partial charge is 0.278 e. The molecule has 1 atom stereocenters. The Balaban J connectivity index is 0.684. The number of aromatic nitrogens is 3. The Bertz CT molecular complexity index is 2660. The number of likely N-dealkylation sites (tertiary alicyclic amines) is 1. The molecule has 2 N–H and O–H groups in total. The minimum atomic E-state index is -0.876. The number of ether oxygens (including phenoxy) is 1. The van der Waals surface area contributed by atoms with Crippen molar-refractivity contribution >= 4 is 57.5 Å². The van der Waals surface area contributed by atoms with Gasteiger partial charge in [0.05, 0.1) is 22.5 Å². The van der Waals surface area contributed by atoms with Crippen molar-refractivity contribution in [1.29, 1.82) is 5.26 Å². The topological polar surface area (TPSA) is 189 Å². The third-order valence-corrected chi connectivity index (χ3v) is 15.4. The van der Waals surface area contributed by atoms with E-state index in [9.17, 15) is 29.2 Å². The molecule has 5 heterocycles. The van der Waals surface area contributed by atoms with Crippen molar-refractivity contribution in [2.45, 2.75) is 71.6 Å². The molecular formula is C50H60ClN11O6. The fraction of sp³-hybridized carbons (Fsp3) is 0.520. The summed E-state index contributed by atoms with van der Waals surface area (Å²) in [6.07, 6.45) is 2.15. The first kappa shape index (κ1) is 47.0. The van der Waals surface area contributed by atoms with Gasteiger partial charge < -0.3 is 24.8 Å². The summed E-state index contributed by atoms with van der Waals surface area (Å²) in [6, 6.07) is 19.6. The second-order valence-electron chi connectivity index (χ2n) is 20.2. The van der Waals surface area contributed by atoms with Gasteiger partial charge in [0.1, 0.15) is 29.5 Å². The van der Waals surface area contributed by atoms with Crippen molar-refractivity contribution in [2.75, 3.05) is 88.3 Å². The monoisotopic (exact) mass is 945 g/mol. The summed E-state index contributed by atoms with van der Waals surface area (Å²) < 4.78 is 7.48. The summed E-state index contributed by atoms with van der Waals surface area (Å²) in [4.78, 5) is 75.9. The van der Waals surface area contributed by atoms with Gasteiger partial charge in [-0.2, -0.15) is 9.94 Å². The highest BCUT2D eigenvalue weighted by molar-refractivity contribution is 6.31. The zero-order valence-corrected chi connectivity index (χ0v) is 40.0. The molecule has 17 nitrogen and oxygen atoms in total. The number of halogens is 1. The first-order chi connectivity index (χ1) is 32.6. The lowest BCUT2D eigenvalue weighted by atomic mass is 9.49. The molecular weight excluding hydrogens is 886 g/mol. The number of carbonyl (C=O) groups excluding carboxylic acids is 4. The van der Waals surface area contributed by atoms with Gasteiger partial charge >= 0.3 is 0 Å². The van der Waals surface area contributed by atoms with Gasteiger partial charge in [0.15, 0.2) is 0 Å². The summed E-state index contributed by atoms with van der Waals surface area (Å²) in [5.74, 6) is 0.307. The summed E-state index contributed by atoms with van der Waals surface area (Å²) in [5, 5.41) is 23.7. The number of benzene rings is 3. The predicted octanol–water partition coefficient (Wildman–Crippen LogP) is 4.09. The van der Waals surface area contributed by atoms with Crippen LogP contribution >= 0.6 is 11.6 Å². The Morgan fingerprint density at radius 1 is 0.824 bits per heavy atom. The third kappa shape index (κ3) is 9.50. The first-order valence-corrected chi connectivity index (χ1v) is 24.2. The van der Waals surface area contributed by atoms with Crippen LogP contribution < -0.4 is 30.7 Å². The number of anilines is 2. The van der Waals surface area contributed by atoms with Gasteiger partial charge in [-0.05, 0) is 79.8 Å². The van der Waals surface area contributed by atoms with E-state index in [0.717, 1.165) is 87.8 Å². The molecule has 4 aromatic rings. The molecule has 4 amide bonds. The number of piperazine rings is 2. The van der Waals surface area contributed by atoms with E-state index in [1.807, 2.05) is 35.2 Å². The second-order valence-corrected chi connectivity index (χ2v) is 20.6. The quantitative estimate of drug-likeness (QED) is 0.205. The molecule has 4 aliphatic heterocycles. The highest BCUT2D eigenvalue weighted by Gasteiger charge is 2.64. The van der Waals surface area contributed by atoms with Gasteiger partial charge in [-0.15, -0.1) is 5.10 Å². The normalized spacial score (nSPS) is 23.4. The molecule has 5 aliphatic rings. The van der Waals surface area contributed by atoms with Crippen LogP contribution in [0.1, 0.15) is 75.3 Å². The fourth-order valence-electron chi connectivity index (χ4n) is 11.4. The number of nitrogens with zero attached hydrogens (tertiary/aromatic N) is 9. The lowest BCUT2D eigenvalue weighted by molar-refractivity contribution is -0.164. The van der Waals surface area contributed by atoms with Crippen LogP contribution in [0.5, 0.6) is 5.75 Å². The maximum atomic E-state index is 13.5. The number of piperidine rings is 2. The van der Waals surface area contributed by atoms with E-state index in [2.05, 4.69) is 74.3 Å². The average Bonchev–Trinajstić information content (AvgIpc) is 3.33. The van der Waals surface area contributed by atoms with E-state index in [-0.39, 0.29) is 53.5 Å². The van der Waals surface area contributed by atoms with E-state index in [1.165, 1.54) is 0 Å². The Morgan fingerprint density at radius 3 is 2.12 bits per heavy atom. The van der Waals surface area contributed by atoms with Crippen molar-refractivity contribution < 1.29 is 23.9 Å². The molecule has 1 saturated carbocycles. The molecule has 1 unspecified atom stereocenters. The molecule has 1 aromatic heterocycles. The van der Waals surface area contributed by atoms with Crippen molar-refractivity contribution in [1.82, 2.24) is 40.3 Å². The van der Waals surface area contributed by atoms with Gasteiger partial charge in [0.25, 0.3) is 17.4 Å². The summed E-state index contributed by atoms with van der Waals surface area (Å²) in [7, 11) is 0. The number of nitrogens with one attached hydrogen (secondary N) is 2.